The summed E-state index contributed by atoms with van der Waals surface area (Å²) < 4.78 is 0. The average molecular weight is 144 g/mol. The normalized spacial score (nSPS) is 17.6. The molecule has 2 atom stereocenters. The SMILES string of the molecule is CC(O)CC=CCC(C)O. The van der Waals surface area contributed by atoms with Gasteiger partial charge in [-0.3, -0.25) is 0 Å². The molecule has 0 fully saturated rings. The molecule has 0 saturated heterocycles. The van der Waals surface area contributed by atoms with Crippen LogP contribution in [0.4, 0.5) is 0 Å². The molecule has 0 aliphatic carbocycles. The first kappa shape index (κ1) is 9.66. The van der Waals surface area contributed by atoms with Crippen LogP contribution in [0.25, 0.3) is 0 Å². The predicted octanol–water partition coefficient (Wildman–Crippen LogP) is 1.08. The Labute approximate surface area is 62.2 Å². The van der Waals surface area contributed by atoms with Gasteiger partial charge in [-0.25, -0.2) is 0 Å². The maximum Gasteiger partial charge on any atom is 0.0546 e. The lowest BCUT2D eigenvalue weighted by Crippen LogP contribution is -1.97. The second-order valence-electron chi connectivity index (χ2n) is 2.64. The molecule has 0 heterocycles. The summed E-state index contributed by atoms with van der Waals surface area (Å²) in [7, 11) is 0. The number of aliphatic hydroxyl groups is 2. The van der Waals surface area contributed by atoms with E-state index < -0.39 is 0 Å². The van der Waals surface area contributed by atoms with E-state index >= 15 is 0 Å². The third-order valence-corrected chi connectivity index (χ3v) is 1.12. The van der Waals surface area contributed by atoms with Crippen molar-refractivity contribution in [1.82, 2.24) is 0 Å². The van der Waals surface area contributed by atoms with Crippen LogP contribution < -0.4 is 0 Å². The van der Waals surface area contributed by atoms with Crippen molar-refractivity contribution >= 4 is 0 Å². The fourth-order valence-electron chi connectivity index (χ4n) is 0.586. The first-order valence-corrected chi connectivity index (χ1v) is 3.64. The van der Waals surface area contributed by atoms with Crippen molar-refractivity contribution in [2.75, 3.05) is 0 Å². The summed E-state index contributed by atoms with van der Waals surface area (Å²) >= 11 is 0. The Hall–Kier alpha value is -0.340. The largest absolute Gasteiger partial charge is 0.393 e. The minimum absolute atomic E-state index is 0.273. The molecule has 0 aliphatic rings. The minimum Gasteiger partial charge on any atom is -0.393 e. The van der Waals surface area contributed by atoms with E-state index in [-0.39, 0.29) is 12.2 Å². The smallest absolute Gasteiger partial charge is 0.0546 e. The first-order chi connectivity index (χ1) is 4.63. The zero-order valence-electron chi connectivity index (χ0n) is 6.62. The summed E-state index contributed by atoms with van der Waals surface area (Å²) in [6, 6.07) is 0. The molecule has 0 spiro atoms. The van der Waals surface area contributed by atoms with Gasteiger partial charge in [0.1, 0.15) is 0 Å². The average Bonchev–Trinajstić information content (AvgIpc) is 1.79. The van der Waals surface area contributed by atoms with Crippen molar-refractivity contribution in [2.24, 2.45) is 0 Å². The van der Waals surface area contributed by atoms with Crippen LogP contribution in [0.1, 0.15) is 26.7 Å². The molecular weight excluding hydrogens is 128 g/mol. The summed E-state index contributed by atoms with van der Waals surface area (Å²) in [5, 5.41) is 17.6. The van der Waals surface area contributed by atoms with Crippen LogP contribution in [-0.4, -0.2) is 22.4 Å². The van der Waals surface area contributed by atoms with Crippen LogP contribution in [0.5, 0.6) is 0 Å². The predicted molar refractivity (Wildman–Crippen MR) is 41.7 cm³/mol. The maximum atomic E-state index is 8.80. The highest BCUT2D eigenvalue weighted by Crippen LogP contribution is 1.95. The fourth-order valence-corrected chi connectivity index (χ4v) is 0.586. The van der Waals surface area contributed by atoms with Gasteiger partial charge in [-0.05, 0) is 26.7 Å². The lowest BCUT2D eigenvalue weighted by atomic mass is 10.2. The van der Waals surface area contributed by atoms with E-state index in [0.29, 0.717) is 12.8 Å². The van der Waals surface area contributed by atoms with Gasteiger partial charge >= 0.3 is 0 Å². The molecule has 2 unspecified atom stereocenters. The van der Waals surface area contributed by atoms with Gasteiger partial charge in [-0.2, -0.15) is 0 Å². The molecule has 0 rings (SSSR count). The topological polar surface area (TPSA) is 40.5 Å². The summed E-state index contributed by atoms with van der Waals surface area (Å²) in [6.45, 7) is 3.49. The highest BCUT2D eigenvalue weighted by atomic mass is 16.3. The zero-order chi connectivity index (χ0) is 7.98. The molecule has 0 aromatic rings. The van der Waals surface area contributed by atoms with Gasteiger partial charge in [0, 0.05) is 0 Å². The second kappa shape index (κ2) is 5.45. The van der Waals surface area contributed by atoms with Gasteiger partial charge in [-0.1, -0.05) is 12.2 Å². The molecule has 0 bridgehead atoms. The third kappa shape index (κ3) is 7.66. The Kier molecular flexibility index (Phi) is 5.26. The van der Waals surface area contributed by atoms with Crippen LogP contribution in [0, 0.1) is 0 Å². The molecule has 0 aromatic heterocycles. The van der Waals surface area contributed by atoms with Gasteiger partial charge in [-0.15, -0.1) is 0 Å². The molecule has 0 aliphatic heterocycles. The van der Waals surface area contributed by atoms with Crippen molar-refractivity contribution < 1.29 is 10.2 Å². The van der Waals surface area contributed by atoms with Crippen molar-refractivity contribution in [3.63, 3.8) is 0 Å². The van der Waals surface area contributed by atoms with Crippen LogP contribution in [0.2, 0.25) is 0 Å². The van der Waals surface area contributed by atoms with Crippen molar-refractivity contribution in [3.05, 3.63) is 12.2 Å². The number of hydrogen-bond donors (Lipinski definition) is 2. The molecule has 2 heteroatoms. The lowest BCUT2D eigenvalue weighted by Gasteiger charge is -1.98. The molecule has 2 N–H and O–H groups in total. The maximum absolute atomic E-state index is 8.80. The first-order valence-electron chi connectivity index (χ1n) is 3.64. The van der Waals surface area contributed by atoms with E-state index in [0.717, 1.165) is 0 Å². The van der Waals surface area contributed by atoms with Gasteiger partial charge in [0.05, 0.1) is 12.2 Å². The zero-order valence-corrected chi connectivity index (χ0v) is 6.62. The molecule has 60 valence electrons. The van der Waals surface area contributed by atoms with Gasteiger partial charge < -0.3 is 10.2 Å². The molecule has 0 saturated carbocycles. The molecule has 10 heavy (non-hydrogen) atoms. The summed E-state index contributed by atoms with van der Waals surface area (Å²) in [5.41, 5.74) is 0. The highest BCUT2D eigenvalue weighted by molar-refractivity contribution is 4.84. The van der Waals surface area contributed by atoms with E-state index in [1.54, 1.807) is 13.8 Å². The summed E-state index contributed by atoms with van der Waals surface area (Å²) in [6.07, 6.45) is 4.57. The van der Waals surface area contributed by atoms with Crippen LogP contribution in [0.15, 0.2) is 12.2 Å². The van der Waals surface area contributed by atoms with Crippen LogP contribution >= 0.6 is 0 Å². The summed E-state index contributed by atoms with van der Waals surface area (Å²) in [4.78, 5) is 0. The molecule has 0 amide bonds. The standard InChI is InChI=1S/C8H16O2/c1-7(9)5-3-4-6-8(2)10/h3-4,7-10H,5-6H2,1-2H3. The van der Waals surface area contributed by atoms with E-state index in [4.69, 9.17) is 10.2 Å². The number of hydrogen-bond acceptors (Lipinski definition) is 2. The van der Waals surface area contributed by atoms with E-state index in [1.807, 2.05) is 12.2 Å². The van der Waals surface area contributed by atoms with Crippen LogP contribution in [0.3, 0.4) is 0 Å². The Morgan fingerprint density at radius 3 is 1.50 bits per heavy atom. The van der Waals surface area contributed by atoms with Crippen LogP contribution in [-0.2, 0) is 0 Å². The second-order valence-corrected chi connectivity index (χ2v) is 2.64. The Bertz CT molecular complexity index is 83.4. The highest BCUT2D eigenvalue weighted by Gasteiger charge is 1.90. The summed E-state index contributed by atoms with van der Waals surface area (Å²) in [5.74, 6) is 0. The van der Waals surface area contributed by atoms with E-state index in [9.17, 15) is 0 Å². The minimum atomic E-state index is -0.273. The van der Waals surface area contributed by atoms with Crippen molar-refractivity contribution in [3.8, 4) is 0 Å². The van der Waals surface area contributed by atoms with E-state index in [1.165, 1.54) is 0 Å². The third-order valence-electron chi connectivity index (χ3n) is 1.12. The Morgan fingerprint density at radius 2 is 1.30 bits per heavy atom. The number of aliphatic hydroxyl groups excluding tert-OH is 2. The molecular formula is C8H16O2. The monoisotopic (exact) mass is 144 g/mol. The Balaban J connectivity index is 3.20. The van der Waals surface area contributed by atoms with Gasteiger partial charge in [0.25, 0.3) is 0 Å². The fraction of sp³-hybridized carbons (Fsp3) is 0.750. The Morgan fingerprint density at radius 1 is 1.00 bits per heavy atom. The molecule has 0 aromatic carbocycles. The quantitative estimate of drug-likeness (QED) is 0.580. The molecule has 2 nitrogen and oxygen atoms in total. The lowest BCUT2D eigenvalue weighted by molar-refractivity contribution is 0.194. The van der Waals surface area contributed by atoms with Crippen molar-refractivity contribution in [2.45, 2.75) is 38.9 Å². The van der Waals surface area contributed by atoms with Crippen molar-refractivity contribution in [1.29, 1.82) is 0 Å². The van der Waals surface area contributed by atoms with E-state index in [2.05, 4.69) is 0 Å². The molecule has 0 radical (unpaired) electrons. The van der Waals surface area contributed by atoms with Gasteiger partial charge in [0.2, 0.25) is 0 Å². The van der Waals surface area contributed by atoms with Gasteiger partial charge in [0.15, 0.2) is 0 Å². The number of rotatable bonds is 4.